The minimum absolute atomic E-state index is 0.490. The second-order valence-electron chi connectivity index (χ2n) is 3.16. The van der Waals surface area contributed by atoms with E-state index in [0.717, 1.165) is 6.42 Å². The molecule has 1 heteroatoms. The average molecular weight is 175 g/mol. The van der Waals surface area contributed by atoms with Crippen LogP contribution >= 0.6 is 0 Å². The SMILES string of the molecule is C=C/C=C\C1=C(C=C)CC[C@@H]1NC. The molecule has 0 unspecified atom stereocenters. The first-order valence-electron chi connectivity index (χ1n) is 4.65. The van der Waals surface area contributed by atoms with Crippen LogP contribution in [0.5, 0.6) is 0 Å². The van der Waals surface area contributed by atoms with Crippen LogP contribution in [0, 0.1) is 0 Å². The number of likely N-dealkylation sites (N-methyl/N-ethyl adjacent to an activating group) is 1. The molecule has 0 amide bonds. The zero-order chi connectivity index (χ0) is 9.68. The van der Waals surface area contributed by atoms with Gasteiger partial charge in [-0.2, -0.15) is 0 Å². The van der Waals surface area contributed by atoms with Crippen LogP contribution in [-0.4, -0.2) is 13.1 Å². The van der Waals surface area contributed by atoms with Crippen LogP contribution in [-0.2, 0) is 0 Å². The summed E-state index contributed by atoms with van der Waals surface area (Å²) in [6.07, 6.45) is 10.2. The Morgan fingerprint density at radius 2 is 2.23 bits per heavy atom. The van der Waals surface area contributed by atoms with Gasteiger partial charge in [-0.1, -0.05) is 37.5 Å². The van der Waals surface area contributed by atoms with E-state index in [4.69, 9.17) is 0 Å². The third kappa shape index (κ3) is 2.19. The van der Waals surface area contributed by atoms with Crippen molar-refractivity contribution in [1.82, 2.24) is 5.32 Å². The highest BCUT2D eigenvalue weighted by Gasteiger charge is 2.19. The van der Waals surface area contributed by atoms with Gasteiger partial charge in [0.05, 0.1) is 0 Å². The molecule has 0 aromatic rings. The molecule has 0 heterocycles. The van der Waals surface area contributed by atoms with Crippen molar-refractivity contribution in [3.8, 4) is 0 Å². The Bertz CT molecular complexity index is 258. The molecule has 13 heavy (non-hydrogen) atoms. The molecule has 1 aliphatic carbocycles. The van der Waals surface area contributed by atoms with E-state index < -0.39 is 0 Å². The maximum atomic E-state index is 3.82. The van der Waals surface area contributed by atoms with Gasteiger partial charge in [-0.25, -0.2) is 0 Å². The summed E-state index contributed by atoms with van der Waals surface area (Å²) in [7, 11) is 2.00. The van der Waals surface area contributed by atoms with Crippen LogP contribution in [0.15, 0.2) is 48.6 Å². The zero-order valence-corrected chi connectivity index (χ0v) is 8.22. The highest BCUT2D eigenvalue weighted by molar-refractivity contribution is 5.41. The quantitative estimate of drug-likeness (QED) is 0.648. The lowest BCUT2D eigenvalue weighted by Gasteiger charge is -2.10. The fourth-order valence-corrected chi connectivity index (χ4v) is 1.74. The van der Waals surface area contributed by atoms with Gasteiger partial charge in [-0.3, -0.25) is 0 Å². The molecule has 0 bridgehead atoms. The van der Waals surface area contributed by atoms with Crippen molar-refractivity contribution >= 4 is 0 Å². The van der Waals surface area contributed by atoms with Gasteiger partial charge in [0, 0.05) is 6.04 Å². The van der Waals surface area contributed by atoms with Crippen molar-refractivity contribution in [2.24, 2.45) is 0 Å². The number of nitrogens with one attached hydrogen (secondary N) is 1. The van der Waals surface area contributed by atoms with E-state index >= 15 is 0 Å². The van der Waals surface area contributed by atoms with Crippen molar-refractivity contribution in [1.29, 1.82) is 0 Å². The van der Waals surface area contributed by atoms with Crippen LogP contribution in [0.3, 0.4) is 0 Å². The molecule has 0 fully saturated rings. The van der Waals surface area contributed by atoms with Crippen LogP contribution in [0.2, 0.25) is 0 Å². The number of hydrogen-bond donors (Lipinski definition) is 1. The topological polar surface area (TPSA) is 12.0 Å². The minimum Gasteiger partial charge on any atom is -0.313 e. The summed E-state index contributed by atoms with van der Waals surface area (Å²) in [6, 6.07) is 0.490. The molecule has 0 spiro atoms. The Labute approximate surface area is 80.5 Å². The van der Waals surface area contributed by atoms with Gasteiger partial charge in [0.15, 0.2) is 0 Å². The van der Waals surface area contributed by atoms with Gasteiger partial charge in [0.2, 0.25) is 0 Å². The molecular formula is C12H17N. The second kappa shape index (κ2) is 4.83. The summed E-state index contributed by atoms with van der Waals surface area (Å²) in [4.78, 5) is 0. The third-order valence-electron chi connectivity index (χ3n) is 2.46. The Kier molecular flexibility index (Phi) is 3.71. The lowest BCUT2D eigenvalue weighted by molar-refractivity contribution is 0.636. The van der Waals surface area contributed by atoms with E-state index in [-0.39, 0.29) is 0 Å². The first kappa shape index (κ1) is 10.0. The second-order valence-corrected chi connectivity index (χ2v) is 3.16. The first-order valence-corrected chi connectivity index (χ1v) is 4.65. The molecule has 1 aliphatic rings. The highest BCUT2D eigenvalue weighted by Crippen LogP contribution is 2.27. The third-order valence-corrected chi connectivity index (χ3v) is 2.46. The number of rotatable bonds is 4. The largest absolute Gasteiger partial charge is 0.313 e. The standard InChI is InChI=1S/C12H17N/c1-4-6-7-11-10(5-2)8-9-12(11)13-3/h4-7,12-13H,1-2,8-9H2,3H3/b7-6-/t12-/m0/s1. The molecule has 70 valence electrons. The van der Waals surface area contributed by atoms with Crippen molar-refractivity contribution in [3.63, 3.8) is 0 Å². The van der Waals surface area contributed by atoms with Gasteiger partial charge < -0.3 is 5.32 Å². The molecule has 0 radical (unpaired) electrons. The molecule has 0 aromatic heterocycles. The minimum atomic E-state index is 0.490. The summed E-state index contributed by atoms with van der Waals surface area (Å²) in [5.41, 5.74) is 2.72. The normalized spacial score (nSPS) is 22.7. The van der Waals surface area contributed by atoms with Crippen LogP contribution in [0.1, 0.15) is 12.8 Å². The summed E-state index contributed by atoms with van der Waals surface area (Å²) in [6.45, 7) is 7.49. The van der Waals surface area contributed by atoms with Crippen molar-refractivity contribution in [2.75, 3.05) is 7.05 Å². The van der Waals surface area contributed by atoms with Crippen LogP contribution in [0.25, 0.3) is 0 Å². The highest BCUT2D eigenvalue weighted by atomic mass is 14.9. The number of allylic oxidation sites excluding steroid dienone is 4. The Hall–Kier alpha value is -1.08. The van der Waals surface area contributed by atoms with E-state index in [1.807, 2.05) is 19.2 Å². The zero-order valence-electron chi connectivity index (χ0n) is 8.22. The molecular weight excluding hydrogens is 158 g/mol. The predicted molar refractivity (Wildman–Crippen MR) is 58.6 cm³/mol. The van der Waals surface area contributed by atoms with E-state index in [1.165, 1.54) is 17.6 Å². The summed E-state index contributed by atoms with van der Waals surface area (Å²) < 4.78 is 0. The van der Waals surface area contributed by atoms with Gasteiger partial charge in [0.1, 0.15) is 0 Å². The maximum Gasteiger partial charge on any atom is 0.0323 e. The van der Waals surface area contributed by atoms with E-state index in [0.29, 0.717) is 6.04 Å². The first-order chi connectivity index (χ1) is 6.33. The molecule has 1 N–H and O–H groups in total. The van der Waals surface area contributed by atoms with E-state index in [1.54, 1.807) is 6.08 Å². The lowest BCUT2D eigenvalue weighted by atomic mass is 10.1. The summed E-state index contributed by atoms with van der Waals surface area (Å²) in [5, 5.41) is 3.30. The lowest BCUT2D eigenvalue weighted by Crippen LogP contribution is -2.23. The fourth-order valence-electron chi connectivity index (χ4n) is 1.74. The van der Waals surface area contributed by atoms with Gasteiger partial charge in [0.25, 0.3) is 0 Å². The van der Waals surface area contributed by atoms with Gasteiger partial charge in [-0.15, -0.1) is 0 Å². The predicted octanol–water partition coefficient (Wildman–Crippen LogP) is 2.59. The smallest absolute Gasteiger partial charge is 0.0323 e. The molecule has 0 saturated carbocycles. The van der Waals surface area contributed by atoms with E-state index in [9.17, 15) is 0 Å². The van der Waals surface area contributed by atoms with E-state index in [2.05, 4.69) is 24.6 Å². The van der Waals surface area contributed by atoms with Crippen molar-refractivity contribution in [2.45, 2.75) is 18.9 Å². The van der Waals surface area contributed by atoms with Gasteiger partial charge >= 0.3 is 0 Å². The summed E-state index contributed by atoms with van der Waals surface area (Å²) >= 11 is 0. The average Bonchev–Trinajstić information content (AvgIpc) is 2.56. The monoisotopic (exact) mass is 175 g/mol. The molecule has 1 atom stereocenters. The van der Waals surface area contributed by atoms with Crippen LogP contribution < -0.4 is 5.32 Å². The molecule has 0 aromatic carbocycles. The fraction of sp³-hybridized carbons (Fsp3) is 0.333. The summed E-state index contributed by atoms with van der Waals surface area (Å²) in [5.74, 6) is 0. The Morgan fingerprint density at radius 1 is 1.46 bits per heavy atom. The maximum absolute atomic E-state index is 3.82. The van der Waals surface area contributed by atoms with Crippen LogP contribution in [0.4, 0.5) is 0 Å². The molecule has 0 aliphatic heterocycles. The molecule has 1 rings (SSSR count). The molecule has 1 nitrogen and oxygen atoms in total. The molecule has 0 saturated heterocycles. The van der Waals surface area contributed by atoms with Crippen molar-refractivity contribution < 1.29 is 0 Å². The van der Waals surface area contributed by atoms with Crippen molar-refractivity contribution in [3.05, 3.63) is 48.6 Å². The Morgan fingerprint density at radius 3 is 2.77 bits per heavy atom. The van der Waals surface area contributed by atoms with Gasteiger partial charge in [-0.05, 0) is 31.0 Å². The Balaban J connectivity index is 2.87. The number of hydrogen-bond acceptors (Lipinski definition) is 1.